The number of nitrogens with zero attached hydrogens (tertiary/aromatic N) is 8. The molecule has 0 aliphatic heterocycles. The second-order valence-corrected chi connectivity index (χ2v) is 37.6. The van der Waals surface area contributed by atoms with Crippen molar-refractivity contribution in [3.8, 4) is 107 Å². The van der Waals surface area contributed by atoms with Crippen LogP contribution in [0.15, 0.2) is 425 Å². The van der Waals surface area contributed by atoms with Crippen LogP contribution in [-0.2, 0) is 16.2 Å². The van der Waals surface area contributed by atoms with Crippen molar-refractivity contribution < 1.29 is 0 Å². The number of rotatable bonds is 8. The van der Waals surface area contributed by atoms with E-state index in [1.807, 2.05) is 36.8 Å². The molecule has 8 aromatic heterocycles. The molecular formula is C126H88N8. The summed E-state index contributed by atoms with van der Waals surface area (Å²) in [4.78, 5) is 24.7. The summed E-state index contributed by atoms with van der Waals surface area (Å²) < 4.78 is 7.41. The van der Waals surface area contributed by atoms with Crippen LogP contribution in [0.2, 0.25) is 0 Å². The van der Waals surface area contributed by atoms with Gasteiger partial charge in [-0.25, -0.2) is 9.97 Å². The van der Waals surface area contributed by atoms with Gasteiger partial charge in [-0.05, 0) is 201 Å². The second kappa shape index (κ2) is 30.1. The van der Waals surface area contributed by atoms with Gasteiger partial charge < -0.3 is 13.7 Å². The Morgan fingerprint density at radius 1 is 0.209 bits per heavy atom. The third-order valence-corrected chi connectivity index (χ3v) is 29.1. The Morgan fingerprint density at radius 3 is 1.01 bits per heavy atom. The van der Waals surface area contributed by atoms with Crippen molar-refractivity contribution in [1.82, 2.24) is 38.6 Å². The summed E-state index contributed by atoms with van der Waals surface area (Å²) in [7, 11) is 0. The van der Waals surface area contributed by atoms with Gasteiger partial charge in [0.2, 0.25) is 0 Å². The first-order chi connectivity index (χ1) is 65.8. The van der Waals surface area contributed by atoms with Gasteiger partial charge in [-0.2, -0.15) is 0 Å². The minimum atomic E-state index is -0.182. The molecule has 134 heavy (non-hydrogen) atoms. The van der Waals surface area contributed by atoms with Gasteiger partial charge in [0, 0.05) is 82.3 Å². The van der Waals surface area contributed by atoms with Crippen LogP contribution in [0.25, 0.3) is 226 Å². The average Bonchev–Trinajstić information content (AvgIpc) is 1.53. The molecule has 0 amide bonds. The van der Waals surface area contributed by atoms with Crippen molar-refractivity contribution in [1.29, 1.82) is 0 Å². The molecule has 8 nitrogen and oxygen atoms in total. The summed E-state index contributed by atoms with van der Waals surface area (Å²) in [5.74, 6) is 0. The first kappa shape index (κ1) is 78.3. The molecule has 0 saturated carbocycles. The Labute approximate surface area is 775 Å². The number of hydrogen-bond donors (Lipinski definition) is 0. The van der Waals surface area contributed by atoms with E-state index in [0.29, 0.717) is 0 Å². The molecule has 25 aromatic rings. The molecule has 3 aliphatic carbocycles. The predicted molar refractivity (Wildman–Crippen MR) is 559 cm³/mol. The molecule has 0 N–H and O–H groups in total. The molecule has 8 heteroatoms. The van der Waals surface area contributed by atoms with Crippen LogP contribution >= 0.6 is 0 Å². The normalized spacial score (nSPS) is 13.5. The van der Waals surface area contributed by atoms with E-state index in [2.05, 4.69) is 443 Å². The van der Waals surface area contributed by atoms with Gasteiger partial charge in [0.15, 0.2) is 0 Å². The van der Waals surface area contributed by atoms with Crippen LogP contribution < -0.4 is 0 Å². The van der Waals surface area contributed by atoms with E-state index < -0.39 is 0 Å². The van der Waals surface area contributed by atoms with E-state index in [-0.39, 0.29) is 16.2 Å². The number of benzene rings is 17. The van der Waals surface area contributed by atoms with Crippen molar-refractivity contribution in [2.24, 2.45) is 0 Å². The zero-order chi connectivity index (χ0) is 89.4. The Kier molecular flexibility index (Phi) is 17.6. The van der Waals surface area contributed by atoms with Gasteiger partial charge in [0.25, 0.3) is 0 Å². The molecule has 28 rings (SSSR count). The summed E-state index contributed by atoms with van der Waals surface area (Å²) in [6.45, 7) is 14.3. The molecular weight excluding hydrogens is 1630 g/mol. The van der Waals surface area contributed by atoms with Crippen molar-refractivity contribution in [3.05, 3.63) is 458 Å². The molecule has 0 spiro atoms. The summed E-state index contributed by atoms with van der Waals surface area (Å²) in [6.07, 6.45) is 5.95. The summed E-state index contributed by atoms with van der Waals surface area (Å²) in [5.41, 5.74) is 37.5. The molecule has 0 bridgehead atoms. The third kappa shape index (κ3) is 11.8. The van der Waals surface area contributed by atoms with E-state index in [0.717, 1.165) is 89.8 Å². The molecule has 632 valence electrons. The molecule has 0 saturated heterocycles. The minimum absolute atomic E-state index is 0.164. The zero-order valence-corrected chi connectivity index (χ0v) is 75.0. The maximum Gasteiger partial charge on any atom is 0.0893 e. The Bertz CT molecular complexity index is 8810. The second-order valence-electron chi connectivity index (χ2n) is 37.6. The summed E-state index contributed by atoms with van der Waals surface area (Å²) >= 11 is 0. The Balaban J connectivity index is 0.000000105. The van der Waals surface area contributed by atoms with E-state index in [1.54, 1.807) is 0 Å². The number of para-hydroxylation sites is 4. The van der Waals surface area contributed by atoms with Crippen molar-refractivity contribution in [2.75, 3.05) is 0 Å². The third-order valence-electron chi connectivity index (χ3n) is 29.1. The van der Waals surface area contributed by atoms with Gasteiger partial charge in [0.05, 0.1) is 96.5 Å². The van der Waals surface area contributed by atoms with Crippen LogP contribution in [0.4, 0.5) is 0 Å². The monoisotopic (exact) mass is 1710 g/mol. The van der Waals surface area contributed by atoms with Crippen molar-refractivity contribution >= 4 is 119 Å². The number of aromatic nitrogens is 8. The highest BCUT2D eigenvalue weighted by molar-refractivity contribution is 6.30. The van der Waals surface area contributed by atoms with Crippen molar-refractivity contribution in [2.45, 2.75) is 57.8 Å². The topological polar surface area (TPSA) is 79.2 Å². The highest BCUT2D eigenvalue weighted by Gasteiger charge is 2.44. The fourth-order valence-corrected chi connectivity index (χ4v) is 23.2. The molecule has 8 heterocycles. The van der Waals surface area contributed by atoms with Crippen LogP contribution in [0.5, 0.6) is 0 Å². The first-order valence-electron chi connectivity index (χ1n) is 46.4. The average molecular weight is 1710 g/mol. The highest BCUT2D eigenvalue weighted by Crippen LogP contribution is 2.61. The lowest BCUT2D eigenvalue weighted by Gasteiger charge is -2.24. The van der Waals surface area contributed by atoms with Crippen LogP contribution in [0.1, 0.15) is 74.9 Å². The summed E-state index contributed by atoms with van der Waals surface area (Å²) in [5, 5.41) is 19.0. The smallest absolute Gasteiger partial charge is 0.0893 e. The van der Waals surface area contributed by atoms with E-state index in [1.165, 1.54) is 170 Å². The lowest BCUT2D eigenvalue weighted by molar-refractivity contribution is 0.664. The van der Waals surface area contributed by atoms with Gasteiger partial charge in [0.1, 0.15) is 0 Å². The number of hydrogen-bond acceptors (Lipinski definition) is 5. The molecule has 17 aromatic carbocycles. The van der Waals surface area contributed by atoms with Crippen LogP contribution in [0.3, 0.4) is 0 Å². The van der Waals surface area contributed by atoms with Gasteiger partial charge in [-0.15, -0.1) is 0 Å². The first-order valence-corrected chi connectivity index (χ1v) is 46.4. The van der Waals surface area contributed by atoms with Gasteiger partial charge in [-0.1, -0.05) is 363 Å². The largest absolute Gasteiger partial charge is 0.309 e. The molecule has 0 radical (unpaired) electrons. The Hall–Kier alpha value is -16.8. The SMILES string of the molecule is CC1(C)c2ccccc2-c2c1c1c(c3ccccc23)c2ccccc2n1-c1ccc(-c2cc3ccccc3cn2)nc1.CC1(C)c2ccccc2-c2c1c1c(c3ccccc23)c2ccccc2n1-c1ccc(-c2ccc3ccccc3n2)nc1.CC1(C)c2ccccc2-c2c1c1c(c3ccccc23)c2ccccc2n1-c1cccc(-c2cc(-c3ccccc3)nc(-c3ccccc3)c2)c1. The Morgan fingerprint density at radius 2 is 0.560 bits per heavy atom. The van der Waals surface area contributed by atoms with Crippen LogP contribution in [-0.4, -0.2) is 38.6 Å². The van der Waals surface area contributed by atoms with E-state index >= 15 is 0 Å². The number of pyridine rings is 5. The molecule has 0 fully saturated rings. The highest BCUT2D eigenvalue weighted by atomic mass is 15.0. The number of fused-ring (bicyclic) bond motifs is 32. The van der Waals surface area contributed by atoms with Gasteiger partial charge >= 0.3 is 0 Å². The van der Waals surface area contributed by atoms with E-state index in [9.17, 15) is 0 Å². The maximum absolute atomic E-state index is 5.15. The zero-order valence-electron chi connectivity index (χ0n) is 75.0. The quantitative estimate of drug-likeness (QED) is 0.151. The fraction of sp³-hybridized carbons (Fsp3) is 0.0714. The summed E-state index contributed by atoms with van der Waals surface area (Å²) in [6, 6.07) is 146. The maximum atomic E-state index is 5.15. The fourth-order valence-electron chi connectivity index (χ4n) is 23.2. The minimum Gasteiger partial charge on any atom is -0.309 e. The molecule has 0 unspecified atom stereocenters. The van der Waals surface area contributed by atoms with Gasteiger partial charge in [-0.3, -0.25) is 15.0 Å². The molecule has 3 aliphatic rings. The standard InChI is InChI=1S/C48H34N2.2C39H27N3/c1-48(2)40-26-13-11-24-38(40)44-36-22-9-10-23-37(36)45-39-25-12-14-27-43(39)50(47(45)46(44)48)35-21-15-20-33(28-35)34-29-41(31-16-5-3-6-17-31)49-42(30-34)32-18-7-4-8-19-32;1-39(2)30-16-8-6-14-28(30)35-26-12-4-5-13-27(26)36-29-15-7-10-18-34(29)42(38(36)37(35)39)25-20-22-32(40-23-25)33-21-19-24-11-3-9-17-31(24)41-33;1-39(2)31-17-9-7-15-29(31)35-27-13-5-6-14-28(27)36-30-16-8-10-18-34(30)42(38(36)37(35)39)26-19-20-32(41-23-26)33-21-24-11-3-4-12-25(24)22-40-33/h3-30H,1-2H3;2*3-23H,1-2H3. The lowest BCUT2D eigenvalue weighted by Crippen LogP contribution is -2.16. The van der Waals surface area contributed by atoms with E-state index in [4.69, 9.17) is 24.9 Å². The molecule has 0 atom stereocenters. The lowest BCUT2D eigenvalue weighted by atomic mass is 9.80. The predicted octanol–water partition coefficient (Wildman–Crippen LogP) is 32.3. The van der Waals surface area contributed by atoms with Crippen molar-refractivity contribution in [3.63, 3.8) is 0 Å². The van der Waals surface area contributed by atoms with Crippen LogP contribution in [0, 0.1) is 0 Å².